The van der Waals surface area contributed by atoms with Crippen molar-refractivity contribution < 1.29 is 4.57 Å². The lowest BCUT2D eigenvalue weighted by Crippen LogP contribution is -2.29. The summed E-state index contributed by atoms with van der Waals surface area (Å²) in [5, 5.41) is 0. The van der Waals surface area contributed by atoms with Crippen molar-refractivity contribution in [1.82, 2.24) is 15.0 Å². The molecule has 2 aromatic heterocycles. The van der Waals surface area contributed by atoms with Crippen LogP contribution in [-0.4, -0.2) is 15.0 Å². The Morgan fingerprint density at radius 3 is 2.62 bits per heavy atom. The van der Waals surface area contributed by atoms with E-state index in [4.69, 9.17) is 0 Å². The van der Waals surface area contributed by atoms with E-state index in [0.29, 0.717) is 0 Å². The van der Waals surface area contributed by atoms with E-state index in [0.717, 1.165) is 18.1 Å². The number of nitrogens with zero attached hydrogens (tertiary/aromatic N) is 2. The summed E-state index contributed by atoms with van der Waals surface area (Å²) in [5.74, 6) is 0.864. The minimum absolute atomic E-state index is 0.130. The van der Waals surface area contributed by atoms with Crippen molar-refractivity contribution in [2.45, 2.75) is 39.5 Å². The van der Waals surface area contributed by atoms with Crippen LogP contribution in [0.1, 0.15) is 39.1 Å². The van der Waals surface area contributed by atoms with Crippen molar-refractivity contribution in [1.29, 1.82) is 0 Å². The molecule has 0 atom stereocenters. The third kappa shape index (κ3) is 2.01. The van der Waals surface area contributed by atoms with Gasteiger partial charge >= 0.3 is 5.95 Å². The van der Waals surface area contributed by atoms with Gasteiger partial charge in [0.05, 0.1) is 17.6 Å². The number of nitrogens with one attached hydrogen (secondary N) is 2. The topological polar surface area (TPSA) is 48.4 Å². The van der Waals surface area contributed by atoms with E-state index in [-0.39, 0.29) is 5.41 Å². The molecule has 0 radical (unpaired) electrons. The van der Waals surface area contributed by atoms with Crippen LogP contribution in [0.3, 0.4) is 0 Å². The fourth-order valence-corrected chi connectivity index (χ4v) is 1.54. The Hall–Kier alpha value is -1.58. The lowest BCUT2D eigenvalue weighted by molar-refractivity contribution is -0.602. The van der Waals surface area contributed by atoms with Crippen LogP contribution < -0.4 is 4.57 Å². The van der Waals surface area contributed by atoms with E-state index in [1.807, 2.05) is 17.1 Å². The average molecular weight is 219 g/mol. The fraction of sp³-hybridized carbons (Fsp3) is 0.500. The molecule has 16 heavy (non-hydrogen) atoms. The zero-order valence-corrected chi connectivity index (χ0v) is 10.3. The molecular formula is C12H19N4+. The van der Waals surface area contributed by atoms with Gasteiger partial charge in [-0.1, -0.05) is 27.7 Å². The molecule has 0 unspecified atom stereocenters. The first-order valence-electron chi connectivity index (χ1n) is 5.65. The van der Waals surface area contributed by atoms with Gasteiger partial charge in [0, 0.05) is 5.41 Å². The van der Waals surface area contributed by atoms with Gasteiger partial charge in [-0.05, 0) is 6.42 Å². The summed E-state index contributed by atoms with van der Waals surface area (Å²) in [6, 6.07) is 0. The summed E-state index contributed by atoms with van der Waals surface area (Å²) in [6.45, 7) is 8.66. The van der Waals surface area contributed by atoms with E-state index in [2.05, 4.69) is 48.8 Å². The molecule has 0 saturated heterocycles. The zero-order chi connectivity index (χ0) is 11.8. The number of aromatic nitrogens is 4. The van der Waals surface area contributed by atoms with Crippen LogP contribution in [0.25, 0.3) is 5.95 Å². The molecule has 0 spiro atoms. The molecule has 0 bridgehead atoms. The molecule has 0 saturated carbocycles. The van der Waals surface area contributed by atoms with Gasteiger partial charge in [-0.2, -0.15) is 0 Å². The predicted molar refractivity (Wildman–Crippen MR) is 62.5 cm³/mol. The number of aromatic amines is 2. The van der Waals surface area contributed by atoms with Gasteiger partial charge in [0.1, 0.15) is 6.20 Å². The predicted octanol–water partition coefficient (Wildman–Crippen LogP) is 1.87. The van der Waals surface area contributed by atoms with Gasteiger partial charge in [0.15, 0.2) is 6.33 Å². The molecule has 86 valence electrons. The quantitative estimate of drug-likeness (QED) is 0.744. The Bertz CT molecular complexity index is 473. The van der Waals surface area contributed by atoms with E-state index >= 15 is 0 Å². The average Bonchev–Trinajstić information content (AvgIpc) is 2.85. The van der Waals surface area contributed by atoms with Crippen LogP contribution in [0.4, 0.5) is 0 Å². The first kappa shape index (κ1) is 10.9. The summed E-state index contributed by atoms with van der Waals surface area (Å²) < 4.78 is 1.99. The maximum absolute atomic E-state index is 4.34. The van der Waals surface area contributed by atoms with Crippen molar-refractivity contribution in [3.8, 4) is 5.95 Å². The minimum Gasteiger partial charge on any atom is -0.297 e. The molecule has 2 heterocycles. The van der Waals surface area contributed by atoms with E-state index < -0.39 is 0 Å². The normalized spacial score (nSPS) is 12.0. The third-order valence-electron chi connectivity index (χ3n) is 2.68. The second kappa shape index (κ2) is 3.77. The summed E-state index contributed by atoms with van der Waals surface area (Å²) in [4.78, 5) is 10.9. The van der Waals surface area contributed by atoms with Crippen LogP contribution in [0.15, 0.2) is 18.7 Å². The molecule has 0 aliphatic rings. The van der Waals surface area contributed by atoms with Gasteiger partial charge in [-0.15, -0.1) is 4.98 Å². The molecule has 2 N–H and O–H groups in total. The van der Waals surface area contributed by atoms with Crippen LogP contribution in [0, 0.1) is 0 Å². The number of H-pyrrole nitrogens is 2. The van der Waals surface area contributed by atoms with Gasteiger partial charge in [-0.3, -0.25) is 9.97 Å². The standard InChI is InChI=1S/C12H18N4/c1-5-9-6-13-11(15-9)16-7-10(14-8-16)12(2,3)4/h6-8H,5H2,1-4H3,(H,13,15)/p+1. The molecule has 0 amide bonds. The monoisotopic (exact) mass is 219 g/mol. The highest BCUT2D eigenvalue weighted by molar-refractivity contribution is 5.09. The summed E-state index contributed by atoms with van der Waals surface area (Å²) in [7, 11) is 0. The minimum atomic E-state index is 0.130. The molecular weight excluding hydrogens is 200 g/mol. The number of rotatable bonds is 2. The van der Waals surface area contributed by atoms with E-state index in [1.54, 1.807) is 0 Å². The van der Waals surface area contributed by atoms with E-state index in [1.165, 1.54) is 5.69 Å². The summed E-state index contributed by atoms with van der Waals surface area (Å²) >= 11 is 0. The number of hydrogen-bond donors (Lipinski definition) is 2. The van der Waals surface area contributed by atoms with Gasteiger partial charge in [-0.25, -0.2) is 4.57 Å². The lowest BCUT2D eigenvalue weighted by Gasteiger charge is -2.12. The Morgan fingerprint density at radius 2 is 2.12 bits per heavy atom. The highest BCUT2D eigenvalue weighted by Crippen LogP contribution is 2.18. The SMILES string of the molecule is CCc1cnc(-[n+]2c[nH]c(C(C)(C)C)c2)[nH]1. The number of imidazole rings is 2. The molecule has 0 aliphatic heterocycles. The van der Waals surface area contributed by atoms with Crippen LogP contribution in [0.2, 0.25) is 0 Å². The maximum atomic E-state index is 4.34. The van der Waals surface area contributed by atoms with E-state index in [9.17, 15) is 0 Å². The molecule has 0 aliphatic carbocycles. The van der Waals surface area contributed by atoms with Crippen LogP contribution in [0.5, 0.6) is 0 Å². The van der Waals surface area contributed by atoms with Gasteiger partial charge < -0.3 is 0 Å². The zero-order valence-electron chi connectivity index (χ0n) is 10.3. The van der Waals surface area contributed by atoms with Crippen molar-refractivity contribution in [3.63, 3.8) is 0 Å². The van der Waals surface area contributed by atoms with Crippen molar-refractivity contribution in [3.05, 3.63) is 30.1 Å². The Labute approximate surface area is 95.7 Å². The second-order valence-corrected chi connectivity index (χ2v) is 5.06. The fourth-order valence-electron chi connectivity index (χ4n) is 1.54. The summed E-state index contributed by atoms with van der Waals surface area (Å²) in [6.07, 6.45) is 6.87. The maximum Gasteiger partial charge on any atom is 0.356 e. The van der Waals surface area contributed by atoms with Crippen molar-refractivity contribution in [2.75, 3.05) is 0 Å². The second-order valence-electron chi connectivity index (χ2n) is 5.06. The molecule has 2 rings (SSSR count). The lowest BCUT2D eigenvalue weighted by atomic mass is 9.93. The molecule has 4 nitrogen and oxygen atoms in total. The van der Waals surface area contributed by atoms with Crippen LogP contribution in [-0.2, 0) is 11.8 Å². The summed E-state index contributed by atoms with van der Waals surface area (Å²) in [5.41, 5.74) is 2.48. The molecule has 0 aromatic carbocycles. The first-order valence-corrected chi connectivity index (χ1v) is 5.65. The highest BCUT2D eigenvalue weighted by atomic mass is 15.2. The Morgan fingerprint density at radius 1 is 1.38 bits per heavy atom. The smallest absolute Gasteiger partial charge is 0.297 e. The number of hydrogen-bond acceptors (Lipinski definition) is 1. The third-order valence-corrected chi connectivity index (χ3v) is 2.68. The van der Waals surface area contributed by atoms with Gasteiger partial charge in [0.25, 0.3) is 0 Å². The van der Waals surface area contributed by atoms with Gasteiger partial charge in [0.2, 0.25) is 0 Å². The number of aryl methyl sites for hydroxylation is 1. The Kier molecular flexibility index (Phi) is 2.58. The van der Waals surface area contributed by atoms with Crippen molar-refractivity contribution in [2.24, 2.45) is 0 Å². The molecule has 4 heteroatoms. The largest absolute Gasteiger partial charge is 0.356 e. The van der Waals surface area contributed by atoms with Crippen LogP contribution >= 0.6 is 0 Å². The molecule has 2 aromatic rings. The van der Waals surface area contributed by atoms with Crippen molar-refractivity contribution >= 4 is 0 Å². The first-order chi connectivity index (χ1) is 7.50. The highest BCUT2D eigenvalue weighted by Gasteiger charge is 2.20. The Balaban J connectivity index is 2.31. The molecule has 0 fully saturated rings.